The van der Waals surface area contributed by atoms with Gasteiger partial charge in [-0.05, 0) is 42.7 Å². The molecule has 6 heteroatoms. The fraction of sp³-hybridized carbons (Fsp3) is 0.227. The maximum Gasteiger partial charge on any atom is 0.253 e. The zero-order valence-corrected chi connectivity index (χ0v) is 15.5. The predicted octanol–water partition coefficient (Wildman–Crippen LogP) is 3.19. The van der Waals surface area contributed by atoms with Gasteiger partial charge in [-0.25, -0.2) is 9.37 Å². The molecule has 0 saturated carbocycles. The van der Waals surface area contributed by atoms with Gasteiger partial charge in [-0.15, -0.1) is 0 Å². The summed E-state index contributed by atoms with van der Waals surface area (Å²) >= 11 is 0. The second-order valence-electron chi connectivity index (χ2n) is 6.50. The van der Waals surface area contributed by atoms with E-state index in [9.17, 15) is 14.0 Å². The Kier molecular flexibility index (Phi) is 6.68. The molecule has 0 aliphatic heterocycles. The molecule has 1 amide bonds. The van der Waals surface area contributed by atoms with E-state index in [1.165, 1.54) is 34.7 Å². The summed E-state index contributed by atoms with van der Waals surface area (Å²) in [7, 11) is 0. The van der Waals surface area contributed by atoms with Crippen molar-refractivity contribution < 1.29 is 9.18 Å². The number of halogens is 1. The molecule has 3 aromatic rings. The van der Waals surface area contributed by atoms with Crippen LogP contribution in [0.3, 0.4) is 0 Å². The lowest BCUT2D eigenvalue weighted by Crippen LogP contribution is -2.30. The third-order valence-electron chi connectivity index (χ3n) is 4.41. The molecule has 1 heterocycles. The summed E-state index contributed by atoms with van der Waals surface area (Å²) in [6.07, 6.45) is 3.54. The molecule has 0 bridgehead atoms. The first kappa shape index (κ1) is 19.5. The van der Waals surface area contributed by atoms with E-state index >= 15 is 0 Å². The van der Waals surface area contributed by atoms with Crippen LogP contribution in [0.1, 0.15) is 18.4 Å². The van der Waals surface area contributed by atoms with Crippen molar-refractivity contribution in [3.8, 4) is 11.3 Å². The highest BCUT2D eigenvalue weighted by Gasteiger charge is 2.05. The van der Waals surface area contributed by atoms with Crippen LogP contribution in [-0.2, 0) is 17.8 Å². The molecule has 0 aliphatic rings. The minimum atomic E-state index is -0.336. The van der Waals surface area contributed by atoms with Crippen molar-refractivity contribution in [3.63, 3.8) is 0 Å². The first-order valence-corrected chi connectivity index (χ1v) is 9.25. The van der Waals surface area contributed by atoms with Crippen LogP contribution in [0.25, 0.3) is 11.3 Å². The third-order valence-corrected chi connectivity index (χ3v) is 4.41. The van der Waals surface area contributed by atoms with Crippen molar-refractivity contribution in [2.75, 3.05) is 6.54 Å². The first-order chi connectivity index (χ1) is 13.6. The lowest BCUT2D eigenvalue weighted by atomic mass is 10.1. The monoisotopic (exact) mass is 379 g/mol. The first-order valence-electron chi connectivity index (χ1n) is 9.25. The number of carbonyl (C=O) groups excluding carboxylic acids is 1. The van der Waals surface area contributed by atoms with Crippen LogP contribution >= 0.6 is 0 Å². The highest BCUT2D eigenvalue weighted by atomic mass is 19.1. The Bertz CT molecular complexity index is 969. The molecule has 1 aromatic heterocycles. The molecule has 0 radical (unpaired) electrons. The number of hydrogen-bond acceptors (Lipinski definition) is 3. The number of benzene rings is 2. The molecule has 0 spiro atoms. The summed E-state index contributed by atoms with van der Waals surface area (Å²) in [5, 5.41) is 2.83. The van der Waals surface area contributed by atoms with Crippen molar-refractivity contribution in [3.05, 3.63) is 88.7 Å². The molecule has 144 valence electrons. The van der Waals surface area contributed by atoms with Gasteiger partial charge in [0.15, 0.2) is 0 Å². The van der Waals surface area contributed by atoms with Crippen LogP contribution in [0, 0.1) is 5.82 Å². The Morgan fingerprint density at radius 2 is 1.82 bits per heavy atom. The van der Waals surface area contributed by atoms with Crippen molar-refractivity contribution >= 4 is 5.91 Å². The molecule has 0 unspecified atom stereocenters. The normalized spacial score (nSPS) is 10.6. The van der Waals surface area contributed by atoms with Gasteiger partial charge in [-0.3, -0.25) is 14.2 Å². The molecule has 0 saturated heterocycles. The van der Waals surface area contributed by atoms with E-state index in [4.69, 9.17) is 0 Å². The van der Waals surface area contributed by atoms with E-state index in [1.54, 1.807) is 12.1 Å². The molecule has 3 rings (SSSR count). The SMILES string of the molecule is O=C(CCCc1ccccc1)NCCn1cnc(-c2ccc(F)cc2)cc1=O. The Balaban J connectivity index is 1.45. The van der Waals surface area contributed by atoms with Gasteiger partial charge in [0.1, 0.15) is 5.82 Å². The van der Waals surface area contributed by atoms with E-state index in [0.717, 1.165) is 12.8 Å². The van der Waals surface area contributed by atoms with Crippen LogP contribution in [0.4, 0.5) is 4.39 Å². The van der Waals surface area contributed by atoms with Gasteiger partial charge in [0.05, 0.1) is 12.0 Å². The summed E-state index contributed by atoms with van der Waals surface area (Å²) in [6.45, 7) is 0.710. The highest BCUT2D eigenvalue weighted by molar-refractivity contribution is 5.75. The Morgan fingerprint density at radius 3 is 2.54 bits per heavy atom. The van der Waals surface area contributed by atoms with Gasteiger partial charge in [0.2, 0.25) is 5.91 Å². The molecule has 5 nitrogen and oxygen atoms in total. The number of nitrogens with zero attached hydrogens (tertiary/aromatic N) is 2. The second kappa shape index (κ2) is 9.60. The second-order valence-corrected chi connectivity index (χ2v) is 6.50. The van der Waals surface area contributed by atoms with Crippen LogP contribution in [0.2, 0.25) is 0 Å². The summed E-state index contributed by atoms with van der Waals surface area (Å²) < 4.78 is 14.4. The minimum absolute atomic E-state index is 0.0279. The Morgan fingerprint density at radius 1 is 1.07 bits per heavy atom. The zero-order chi connectivity index (χ0) is 19.8. The maximum atomic E-state index is 13.0. The van der Waals surface area contributed by atoms with Gasteiger partial charge in [-0.2, -0.15) is 0 Å². The molecule has 2 aromatic carbocycles. The van der Waals surface area contributed by atoms with Gasteiger partial charge in [-0.1, -0.05) is 30.3 Å². The number of hydrogen-bond donors (Lipinski definition) is 1. The zero-order valence-electron chi connectivity index (χ0n) is 15.5. The molecule has 1 N–H and O–H groups in total. The van der Waals surface area contributed by atoms with Crippen LogP contribution < -0.4 is 10.9 Å². The molecule has 0 aliphatic carbocycles. The van der Waals surface area contributed by atoms with Crippen molar-refractivity contribution in [1.82, 2.24) is 14.9 Å². The summed E-state index contributed by atoms with van der Waals surface area (Å²) in [5.74, 6) is -0.364. The van der Waals surface area contributed by atoms with Gasteiger partial charge in [0, 0.05) is 31.1 Å². The average Bonchev–Trinajstić information content (AvgIpc) is 2.70. The van der Waals surface area contributed by atoms with Crippen molar-refractivity contribution in [1.29, 1.82) is 0 Å². The lowest BCUT2D eigenvalue weighted by molar-refractivity contribution is -0.121. The standard InChI is InChI=1S/C22H22FN3O2/c23-19-11-9-18(10-12-19)20-15-22(28)26(16-25-20)14-13-24-21(27)8-4-7-17-5-2-1-3-6-17/h1-3,5-6,9-12,15-16H,4,7-8,13-14H2,(H,24,27). The summed E-state index contributed by atoms with van der Waals surface area (Å²) in [5.41, 5.74) is 2.17. The van der Waals surface area contributed by atoms with E-state index in [-0.39, 0.29) is 17.3 Å². The fourth-order valence-corrected chi connectivity index (χ4v) is 2.87. The van der Waals surface area contributed by atoms with E-state index < -0.39 is 0 Å². The number of aromatic nitrogens is 2. The van der Waals surface area contributed by atoms with E-state index in [1.807, 2.05) is 30.3 Å². The molecule has 28 heavy (non-hydrogen) atoms. The van der Waals surface area contributed by atoms with Crippen molar-refractivity contribution in [2.24, 2.45) is 0 Å². The number of rotatable bonds is 8. The molecule has 0 fully saturated rings. The molecule has 0 atom stereocenters. The van der Waals surface area contributed by atoms with Crippen LogP contribution in [-0.4, -0.2) is 22.0 Å². The number of carbonyl (C=O) groups is 1. The number of aryl methyl sites for hydroxylation is 1. The smallest absolute Gasteiger partial charge is 0.253 e. The maximum absolute atomic E-state index is 13.0. The third kappa shape index (κ3) is 5.61. The molecular weight excluding hydrogens is 357 g/mol. The lowest BCUT2D eigenvalue weighted by Gasteiger charge is -2.08. The van der Waals surface area contributed by atoms with E-state index in [2.05, 4.69) is 10.3 Å². The number of nitrogens with one attached hydrogen (secondary N) is 1. The fourth-order valence-electron chi connectivity index (χ4n) is 2.87. The topological polar surface area (TPSA) is 64.0 Å². The Hall–Kier alpha value is -3.28. The van der Waals surface area contributed by atoms with Crippen molar-refractivity contribution in [2.45, 2.75) is 25.8 Å². The van der Waals surface area contributed by atoms with Gasteiger partial charge < -0.3 is 5.32 Å². The quantitative estimate of drug-likeness (QED) is 0.654. The largest absolute Gasteiger partial charge is 0.354 e. The van der Waals surface area contributed by atoms with Gasteiger partial charge in [0.25, 0.3) is 5.56 Å². The minimum Gasteiger partial charge on any atom is -0.354 e. The van der Waals surface area contributed by atoms with E-state index in [0.29, 0.717) is 30.8 Å². The van der Waals surface area contributed by atoms with Crippen LogP contribution in [0.5, 0.6) is 0 Å². The highest BCUT2D eigenvalue weighted by Crippen LogP contribution is 2.14. The van der Waals surface area contributed by atoms with Crippen LogP contribution in [0.15, 0.2) is 71.8 Å². The Labute approximate surface area is 162 Å². The summed E-state index contributed by atoms with van der Waals surface area (Å²) in [6, 6.07) is 17.3. The molecular formula is C22H22FN3O2. The summed E-state index contributed by atoms with van der Waals surface area (Å²) in [4.78, 5) is 28.4. The van der Waals surface area contributed by atoms with Gasteiger partial charge >= 0.3 is 0 Å². The number of amides is 1. The average molecular weight is 379 g/mol. The predicted molar refractivity (Wildman–Crippen MR) is 106 cm³/mol.